The highest BCUT2D eigenvalue weighted by Crippen LogP contribution is 2.22. The second kappa shape index (κ2) is 5.54. The molecule has 0 bridgehead atoms. The van der Waals surface area contributed by atoms with Crippen molar-refractivity contribution in [1.29, 1.82) is 0 Å². The first-order valence-corrected chi connectivity index (χ1v) is 7.75. The van der Waals surface area contributed by atoms with Gasteiger partial charge in [0.05, 0.1) is 4.90 Å². The molecular weight excluding hydrogens is 278 g/mol. The SMILES string of the molecule is Cc1cc(C)cc(S(=O)(=O)N[C@H](C(=O)O)C(C)(C)C)c1. The second-order valence-electron chi connectivity index (χ2n) is 6.08. The zero-order valence-electron chi connectivity index (χ0n) is 12.4. The van der Waals surface area contributed by atoms with Crippen molar-refractivity contribution in [2.24, 2.45) is 5.41 Å². The Morgan fingerprint density at radius 3 is 1.95 bits per heavy atom. The van der Waals surface area contributed by atoms with Gasteiger partial charge in [-0.2, -0.15) is 4.72 Å². The van der Waals surface area contributed by atoms with E-state index in [0.717, 1.165) is 11.1 Å². The van der Waals surface area contributed by atoms with Gasteiger partial charge in [-0.05, 0) is 42.5 Å². The highest BCUT2D eigenvalue weighted by molar-refractivity contribution is 7.89. The minimum Gasteiger partial charge on any atom is -0.480 e. The minimum absolute atomic E-state index is 0.0884. The monoisotopic (exact) mass is 299 g/mol. The summed E-state index contributed by atoms with van der Waals surface area (Å²) >= 11 is 0. The molecule has 1 aromatic rings. The summed E-state index contributed by atoms with van der Waals surface area (Å²) in [5.41, 5.74) is 0.902. The molecule has 0 heterocycles. The molecule has 0 radical (unpaired) electrons. The van der Waals surface area contributed by atoms with E-state index in [4.69, 9.17) is 0 Å². The Morgan fingerprint density at radius 2 is 1.60 bits per heavy atom. The Bertz CT molecular complexity index is 594. The molecule has 20 heavy (non-hydrogen) atoms. The van der Waals surface area contributed by atoms with E-state index < -0.39 is 27.4 Å². The summed E-state index contributed by atoms with van der Waals surface area (Å²) in [6, 6.07) is 3.72. The van der Waals surface area contributed by atoms with Gasteiger partial charge in [0, 0.05) is 0 Å². The summed E-state index contributed by atoms with van der Waals surface area (Å²) in [6.45, 7) is 8.62. The Balaban J connectivity index is 3.20. The lowest BCUT2D eigenvalue weighted by Crippen LogP contribution is -2.48. The molecule has 2 N–H and O–H groups in total. The summed E-state index contributed by atoms with van der Waals surface area (Å²) in [6.07, 6.45) is 0. The molecule has 0 fully saturated rings. The van der Waals surface area contributed by atoms with Crippen molar-refractivity contribution in [2.45, 2.75) is 45.6 Å². The van der Waals surface area contributed by atoms with E-state index in [-0.39, 0.29) is 4.90 Å². The van der Waals surface area contributed by atoms with Crippen LogP contribution >= 0.6 is 0 Å². The third kappa shape index (κ3) is 4.05. The van der Waals surface area contributed by atoms with Crippen molar-refractivity contribution in [2.75, 3.05) is 0 Å². The molecule has 0 amide bonds. The van der Waals surface area contributed by atoms with Crippen molar-refractivity contribution in [3.8, 4) is 0 Å². The number of aliphatic carboxylic acids is 1. The summed E-state index contributed by atoms with van der Waals surface area (Å²) < 4.78 is 26.9. The van der Waals surface area contributed by atoms with Crippen LogP contribution in [0.25, 0.3) is 0 Å². The zero-order chi connectivity index (χ0) is 15.7. The van der Waals surface area contributed by atoms with Crippen molar-refractivity contribution in [3.05, 3.63) is 29.3 Å². The quantitative estimate of drug-likeness (QED) is 0.891. The van der Waals surface area contributed by atoms with Crippen LogP contribution in [0.5, 0.6) is 0 Å². The Labute approximate surface area is 120 Å². The van der Waals surface area contributed by atoms with Crippen LogP contribution in [0.3, 0.4) is 0 Å². The van der Waals surface area contributed by atoms with E-state index in [2.05, 4.69) is 4.72 Å². The average molecular weight is 299 g/mol. The van der Waals surface area contributed by atoms with Crippen LogP contribution in [0.1, 0.15) is 31.9 Å². The number of nitrogens with one attached hydrogen (secondary N) is 1. The normalized spacial score (nSPS) is 14.1. The molecule has 0 unspecified atom stereocenters. The Hall–Kier alpha value is -1.40. The van der Waals surface area contributed by atoms with Gasteiger partial charge in [-0.3, -0.25) is 4.79 Å². The van der Waals surface area contributed by atoms with Gasteiger partial charge < -0.3 is 5.11 Å². The molecule has 0 aliphatic heterocycles. The number of rotatable bonds is 4. The van der Waals surface area contributed by atoms with E-state index in [9.17, 15) is 18.3 Å². The maximum absolute atomic E-state index is 12.3. The number of carboxylic acid groups (broad SMARTS) is 1. The molecule has 1 aromatic carbocycles. The van der Waals surface area contributed by atoms with Crippen molar-refractivity contribution in [1.82, 2.24) is 4.72 Å². The molecule has 1 atom stereocenters. The molecule has 0 aliphatic rings. The second-order valence-corrected chi connectivity index (χ2v) is 7.80. The molecule has 1 rings (SSSR count). The summed E-state index contributed by atoms with van der Waals surface area (Å²) in [5, 5.41) is 9.20. The summed E-state index contributed by atoms with van der Waals surface area (Å²) in [5.74, 6) is -1.19. The van der Waals surface area contributed by atoms with Gasteiger partial charge in [-0.1, -0.05) is 26.8 Å². The molecule has 5 nitrogen and oxygen atoms in total. The standard InChI is InChI=1S/C14H21NO4S/c1-9-6-10(2)8-11(7-9)20(18,19)15-12(13(16)17)14(3,4)5/h6-8,12,15H,1-5H3,(H,16,17)/t12-/m1/s1. The number of sulfonamides is 1. The maximum atomic E-state index is 12.3. The molecule has 0 aliphatic carbocycles. The van der Waals surface area contributed by atoms with Gasteiger partial charge in [0.1, 0.15) is 6.04 Å². The average Bonchev–Trinajstić information content (AvgIpc) is 2.22. The zero-order valence-corrected chi connectivity index (χ0v) is 13.2. The Kier molecular flexibility index (Phi) is 4.61. The number of benzene rings is 1. The lowest BCUT2D eigenvalue weighted by Gasteiger charge is -2.27. The molecular formula is C14H21NO4S. The van der Waals surface area contributed by atoms with Crippen molar-refractivity contribution in [3.63, 3.8) is 0 Å². The van der Waals surface area contributed by atoms with Crippen molar-refractivity contribution >= 4 is 16.0 Å². The number of carboxylic acids is 1. The van der Waals surface area contributed by atoms with Gasteiger partial charge in [0.15, 0.2) is 0 Å². The molecule has 0 aromatic heterocycles. The highest BCUT2D eigenvalue weighted by atomic mass is 32.2. The fraction of sp³-hybridized carbons (Fsp3) is 0.500. The van der Waals surface area contributed by atoms with Crippen LogP contribution in [0, 0.1) is 19.3 Å². The predicted octanol–water partition coefficient (Wildman–Crippen LogP) is 2.08. The first-order valence-electron chi connectivity index (χ1n) is 6.27. The number of aryl methyl sites for hydroxylation is 2. The summed E-state index contributed by atoms with van der Waals surface area (Å²) in [7, 11) is -3.86. The third-order valence-electron chi connectivity index (χ3n) is 2.89. The Morgan fingerprint density at radius 1 is 1.15 bits per heavy atom. The van der Waals surface area contributed by atoms with Crippen LogP contribution in [0.4, 0.5) is 0 Å². The van der Waals surface area contributed by atoms with Gasteiger partial charge in [-0.25, -0.2) is 8.42 Å². The predicted molar refractivity (Wildman–Crippen MR) is 77.1 cm³/mol. The van der Waals surface area contributed by atoms with Gasteiger partial charge >= 0.3 is 5.97 Å². The maximum Gasteiger partial charge on any atom is 0.322 e. The highest BCUT2D eigenvalue weighted by Gasteiger charge is 2.35. The van der Waals surface area contributed by atoms with Crippen molar-refractivity contribution < 1.29 is 18.3 Å². The van der Waals surface area contributed by atoms with E-state index >= 15 is 0 Å². The third-order valence-corrected chi connectivity index (χ3v) is 4.29. The molecule has 6 heteroatoms. The van der Waals surface area contributed by atoms with Gasteiger partial charge in [0.25, 0.3) is 0 Å². The molecule has 0 spiro atoms. The van der Waals surface area contributed by atoms with Gasteiger partial charge in [-0.15, -0.1) is 0 Å². The lowest BCUT2D eigenvalue weighted by molar-refractivity contribution is -0.141. The van der Waals surface area contributed by atoms with Crippen LogP contribution < -0.4 is 4.72 Å². The molecule has 0 saturated heterocycles. The van der Waals surface area contributed by atoms with Crippen LogP contribution in [-0.2, 0) is 14.8 Å². The first kappa shape index (κ1) is 16.7. The van der Waals surface area contributed by atoms with Crippen LogP contribution in [0.2, 0.25) is 0 Å². The van der Waals surface area contributed by atoms with Crippen LogP contribution in [-0.4, -0.2) is 25.5 Å². The van der Waals surface area contributed by atoms with E-state index in [0.29, 0.717) is 0 Å². The fourth-order valence-electron chi connectivity index (χ4n) is 1.91. The number of hydrogen-bond donors (Lipinski definition) is 2. The first-order chi connectivity index (χ1) is 8.93. The molecule has 0 saturated carbocycles. The van der Waals surface area contributed by atoms with E-state index in [1.165, 1.54) is 12.1 Å². The topological polar surface area (TPSA) is 83.5 Å². The largest absolute Gasteiger partial charge is 0.480 e. The molecule has 112 valence electrons. The van der Waals surface area contributed by atoms with Crippen LogP contribution in [0.15, 0.2) is 23.1 Å². The minimum atomic E-state index is -3.86. The smallest absolute Gasteiger partial charge is 0.322 e. The van der Waals surface area contributed by atoms with E-state index in [1.54, 1.807) is 34.6 Å². The fourth-order valence-corrected chi connectivity index (χ4v) is 3.49. The number of carbonyl (C=O) groups is 1. The summed E-state index contributed by atoms with van der Waals surface area (Å²) in [4.78, 5) is 11.4. The van der Waals surface area contributed by atoms with E-state index in [1.807, 2.05) is 6.07 Å². The lowest BCUT2D eigenvalue weighted by atomic mass is 9.88. The van der Waals surface area contributed by atoms with Gasteiger partial charge in [0.2, 0.25) is 10.0 Å². The number of hydrogen-bond acceptors (Lipinski definition) is 3.